The van der Waals surface area contributed by atoms with E-state index in [0.29, 0.717) is 0 Å². The number of rotatable bonds is 2. The van der Waals surface area contributed by atoms with E-state index in [1.165, 1.54) is 11.6 Å². The Hall–Kier alpha value is -1.29. The van der Waals surface area contributed by atoms with Crippen LogP contribution in [0.4, 0.5) is 0 Å². The molecule has 0 unspecified atom stereocenters. The van der Waals surface area contributed by atoms with Gasteiger partial charge >= 0.3 is 0 Å². The highest BCUT2D eigenvalue weighted by molar-refractivity contribution is 6.74. The summed E-state index contributed by atoms with van der Waals surface area (Å²) in [6.45, 7) is 16.1. The van der Waals surface area contributed by atoms with Crippen molar-refractivity contribution >= 4 is 29.1 Å². The number of fused-ring (bicyclic) bond motifs is 2. The first-order chi connectivity index (χ1) is 9.69. The number of nitrogens with zero attached hydrogens (tertiary/aromatic N) is 6. The zero-order valence-electron chi connectivity index (χ0n) is 14.0. The summed E-state index contributed by atoms with van der Waals surface area (Å²) in [4.78, 5) is 4.63. The van der Waals surface area contributed by atoms with Gasteiger partial charge in [0.1, 0.15) is 12.7 Å². The van der Waals surface area contributed by atoms with Crippen molar-refractivity contribution in [2.75, 3.05) is 13.1 Å². The second kappa shape index (κ2) is 4.60. The van der Waals surface area contributed by atoms with Crippen LogP contribution in [0.15, 0.2) is 21.8 Å². The Labute approximate surface area is 129 Å². The summed E-state index contributed by atoms with van der Waals surface area (Å²) in [7, 11) is -3.12. The van der Waals surface area contributed by atoms with E-state index >= 15 is 0 Å². The zero-order valence-corrected chi connectivity index (χ0v) is 16.0. The summed E-state index contributed by atoms with van der Waals surface area (Å²) in [6.07, 6.45) is 5.14. The molecular formula is C13H26N6Si2. The summed E-state index contributed by atoms with van der Waals surface area (Å²) in [5, 5.41) is 9.43. The minimum absolute atomic E-state index is 1.03. The van der Waals surface area contributed by atoms with E-state index in [9.17, 15) is 0 Å². The topological polar surface area (TPSA) is 37.7 Å². The fraction of sp³-hybridized carbons (Fsp3) is 0.692. The molecule has 116 valence electrons. The molecule has 0 saturated heterocycles. The van der Waals surface area contributed by atoms with Gasteiger partial charge in [-0.05, 0) is 45.7 Å². The molecule has 3 heterocycles. The molecule has 3 aliphatic rings. The first kappa shape index (κ1) is 14.6. The predicted octanol–water partition coefficient (Wildman–Crippen LogP) is 2.31. The molecule has 0 spiro atoms. The van der Waals surface area contributed by atoms with Crippen LogP contribution in [0, 0.1) is 0 Å². The van der Waals surface area contributed by atoms with Gasteiger partial charge in [0, 0.05) is 13.1 Å². The fourth-order valence-corrected chi connectivity index (χ4v) is 5.38. The highest BCUT2D eigenvalue weighted by Gasteiger charge is 2.43. The molecule has 8 heteroatoms. The molecular weight excluding hydrogens is 296 g/mol. The summed E-state index contributed by atoms with van der Waals surface area (Å²) < 4.78 is 4.56. The lowest BCUT2D eigenvalue weighted by Crippen LogP contribution is -2.48. The van der Waals surface area contributed by atoms with Crippen molar-refractivity contribution in [3.63, 3.8) is 0 Å². The first-order valence-corrected chi connectivity index (χ1v) is 14.6. The lowest BCUT2D eigenvalue weighted by molar-refractivity contribution is 0.383. The van der Waals surface area contributed by atoms with E-state index in [2.05, 4.69) is 58.4 Å². The molecule has 0 bridgehead atoms. The molecule has 0 atom stereocenters. The molecule has 0 aromatic heterocycles. The lowest BCUT2D eigenvalue weighted by atomic mass is 10.4. The van der Waals surface area contributed by atoms with Gasteiger partial charge in [0.15, 0.2) is 28.1 Å². The van der Waals surface area contributed by atoms with E-state index in [-0.39, 0.29) is 0 Å². The second-order valence-corrected chi connectivity index (χ2v) is 17.3. The smallest absolute Gasteiger partial charge is 0.179 e. The monoisotopic (exact) mass is 322 g/mol. The predicted molar refractivity (Wildman–Crippen MR) is 92.4 cm³/mol. The Balaban J connectivity index is 2.12. The van der Waals surface area contributed by atoms with Gasteiger partial charge < -0.3 is 9.80 Å². The van der Waals surface area contributed by atoms with Crippen molar-refractivity contribution in [3.05, 3.63) is 11.6 Å². The van der Waals surface area contributed by atoms with Crippen molar-refractivity contribution in [1.82, 2.24) is 19.1 Å². The molecule has 6 nitrogen and oxygen atoms in total. The zero-order chi connectivity index (χ0) is 15.4. The van der Waals surface area contributed by atoms with Crippen LogP contribution < -0.4 is 0 Å². The molecule has 3 aliphatic heterocycles. The fourth-order valence-electron chi connectivity index (χ4n) is 2.86. The average Bonchev–Trinajstić information content (AvgIpc) is 2.88. The Bertz CT molecular complexity index is 482. The summed E-state index contributed by atoms with van der Waals surface area (Å²) in [5.41, 5.74) is 0. The van der Waals surface area contributed by atoms with Crippen LogP contribution in [0.5, 0.6) is 0 Å². The van der Waals surface area contributed by atoms with Gasteiger partial charge in [0.05, 0.1) is 0 Å². The normalized spacial score (nSPS) is 22.2. The highest BCUT2D eigenvalue weighted by Crippen LogP contribution is 2.35. The van der Waals surface area contributed by atoms with Crippen molar-refractivity contribution in [2.45, 2.75) is 45.7 Å². The Morgan fingerprint density at radius 1 is 0.762 bits per heavy atom. The van der Waals surface area contributed by atoms with Crippen LogP contribution in [-0.4, -0.2) is 61.4 Å². The van der Waals surface area contributed by atoms with E-state index in [1.807, 2.05) is 12.7 Å². The quantitative estimate of drug-likeness (QED) is 0.731. The molecule has 0 radical (unpaired) electrons. The van der Waals surface area contributed by atoms with E-state index in [0.717, 1.165) is 19.5 Å². The highest BCUT2D eigenvalue weighted by atomic mass is 28.3. The van der Waals surface area contributed by atoms with Crippen molar-refractivity contribution in [2.24, 2.45) is 10.2 Å². The Morgan fingerprint density at radius 2 is 1.14 bits per heavy atom. The van der Waals surface area contributed by atoms with E-state index in [1.54, 1.807) is 0 Å². The van der Waals surface area contributed by atoms with Gasteiger partial charge in [0.2, 0.25) is 0 Å². The van der Waals surface area contributed by atoms with E-state index < -0.39 is 16.5 Å². The molecule has 0 amide bonds. The maximum Gasteiger partial charge on any atom is 0.179 e. The van der Waals surface area contributed by atoms with Gasteiger partial charge in [-0.3, -0.25) is 9.35 Å². The molecule has 0 aromatic carbocycles. The third-order valence-corrected chi connectivity index (χ3v) is 7.02. The van der Waals surface area contributed by atoms with Gasteiger partial charge in [-0.2, -0.15) is 10.2 Å². The lowest BCUT2D eigenvalue weighted by Gasteiger charge is -2.37. The molecule has 0 fully saturated rings. The summed E-state index contributed by atoms with van der Waals surface area (Å²) in [6, 6.07) is 0. The number of hydrogen-bond donors (Lipinski definition) is 0. The second-order valence-electron chi connectivity index (χ2n) is 7.81. The van der Waals surface area contributed by atoms with Crippen LogP contribution >= 0.6 is 0 Å². The van der Waals surface area contributed by atoms with Crippen LogP contribution in [-0.2, 0) is 0 Å². The molecule has 0 saturated carbocycles. The third-order valence-electron chi connectivity index (χ3n) is 3.83. The van der Waals surface area contributed by atoms with Gasteiger partial charge in [-0.1, -0.05) is 0 Å². The Kier molecular flexibility index (Phi) is 3.21. The summed E-state index contributed by atoms with van der Waals surface area (Å²) >= 11 is 0. The van der Waals surface area contributed by atoms with Crippen molar-refractivity contribution < 1.29 is 0 Å². The van der Waals surface area contributed by atoms with E-state index in [4.69, 9.17) is 10.2 Å². The molecule has 0 aromatic rings. The average molecular weight is 323 g/mol. The SMILES string of the molecule is C[Si](C)(C)N1N=CN2CCCN3C=NN([Si](C)(C)C)C3=C21. The van der Waals surface area contributed by atoms with Gasteiger partial charge in [0.25, 0.3) is 0 Å². The number of hydrogen-bond acceptors (Lipinski definition) is 6. The largest absolute Gasteiger partial charge is 0.313 e. The first-order valence-electron chi connectivity index (χ1n) is 7.66. The molecule has 21 heavy (non-hydrogen) atoms. The van der Waals surface area contributed by atoms with Crippen molar-refractivity contribution in [3.8, 4) is 0 Å². The van der Waals surface area contributed by atoms with Crippen molar-refractivity contribution in [1.29, 1.82) is 0 Å². The van der Waals surface area contributed by atoms with Gasteiger partial charge in [-0.15, -0.1) is 0 Å². The maximum atomic E-state index is 4.71. The Morgan fingerprint density at radius 3 is 1.48 bits per heavy atom. The van der Waals surface area contributed by atoms with Crippen LogP contribution in [0.2, 0.25) is 39.3 Å². The standard InChI is InChI=1S/C13H26N6Si2/c1-20(2,3)18-12-13-17(9-7-8-16(12)10-14-18)11-15-19(13)21(4,5)6/h10-11H,7-9H2,1-6H3. The van der Waals surface area contributed by atoms with Crippen LogP contribution in [0.1, 0.15) is 6.42 Å². The van der Waals surface area contributed by atoms with Crippen LogP contribution in [0.25, 0.3) is 0 Å². The molecule has 0 aliphatic carbocycles. The van der Waals surface area contributed by atoms with Gasteiger partial charge in [-0.25, -0.2) is 0 Å². The molecule has 3 rings (SSSR count). The summed E-state index contributed by atoms with van der Waals surface area (Å²) in [5.74, 6) is 2.48. The minimum Gasteiger partial charge on any atom is -0.313 e. The molecule has 0 N–H and O–H groups in total. The third kappa shape index (κ3) is 2.40. The minimum atomic E-state index is -1.56. The number of hydrazone groups is 2. The maximum absolute atomic E-state index is 4.71. The van der Waals surface area contributed by atoms with Crippen LogP contribution in [0.3, 0.4) is 0 Å².